The lowest BCUT2D eigenvalue weighted by Crippen LogP contribution is -2.05. The van der Waals surface area contributed by atoms with Crippen LogP contribution in [0.15, 0.2) is 12.3 Å². The van der Waals surface area contributed by atoms with Crippen LogP contribution >= 0.6 is 0 Å². The van der Waals surface area contributed by atoms with Gasteiger partial charge < -0.3 is 15.2 Å². The molecule has 0 fully saturated rings. The first-order valence-corrected chi connectivity index (χ1v) is 4.67. The standard InChI is InChI=1S/C9H15N3O2/c1-2-10-9-11-5-4-8(12-9)14-7-3-6-13/h4-5,13H,2-3,6-7H2,1H3,(H,10,11,12). The zero-order chi connectivity index (χ0) is 10.2. The highest BCUT2D eigenvalue weighted by atomic mass is 16.5. The summed E-state index contributed by atoms with van der Waals surface area (Å²) in [7, 11) is 0. The Labute approximate surface area is 83.2 Å². The summed E-state index contributed by atoms with van der Waals surface area (Å²) in [6, 6.07) is 1.69. The summed E-state index contributed by atoms with van der Waals surface area (Å²) in [5.74, 6) is 1.10. The Morgan fingerprint density at radius 1 is 1.57 bits per heavy atom. The van der Waals surface area contributed by atoms with Crippen LogP contribution in [0.25, 0.3) is 0 Å². The molecule has 1 aromatic heterocycles. The average Bonchev–Trinajstić information content (AvgIpc) is 2.19. The van der Waals surface area contributed by atoms with Crippen molar-refractivity contribution in [3.05, 3.63) is 12.3 Å². The lowest BCUT2D eigenvalue weighted by atomic mass is 10.5. The van der Waals surface area contributed by atoms with E-state index < -0.39 is 0 Å². The van der Waals surface area contributed by atoms with Gasteiger partial charge in [-0.05, 0) is 6.92 Å². The summed E-state index contributed by atoms with van der Waals surface area (Å²) >= 11 is 0. The molecule has 0 saturated carbocycles. The molecule has 0 radical (unpaired) electrons. The lowest BCUT2D eigenvalue weighted by molar-refractivity contribution is 0.229. The van der Waals surface area contributed by atoms with Gasteiger partial charge in [-0.3, -0.25) is 0 Å². The van der Waals surface area contributed by atoms with Crippen LogP contribution < -0.4 is 10.1 Å². The smallest absolute Gasteiger partial charge is 0.225 e. The molecule has 5 nitrogen and oxygen atoms in total. The maximum Gasteiger partial charge on any atom is 0.225 e. The minimum Gasteiger partial charge on any atom is -0.477 e. The zero-order valence-electron chi connectivity index (χ0n) is 8.23. The third-order valence-corrected chi connectivity index (χ3v) is 1.52. The van der Waals surface area contributed by atoms with Gasteiger partial charge in [0.2, 0.25) is 11.8 Å². The quantitative estimate of drug-likeness (QED) is 0.656. The zero-order valence-corrected chi connectivity index (χ0v) is 8.23. The number of nitrogens with zero attached hydrogens (tertiary/aromatic N) is 2. The molecule has 0 atom stereocenters. The second-order valence-electron chi connectivity index (χ2n) is 2.67. The van der Waals surface area contributed by atoms with Gasteiger partial charge in [-0.1, -0.05) is 0 Å². The van der Waals surface area contributed by atoms with Crippen LogP contribution in [-0.2, 0) is 0 Å². The van der Waals surface area contributed by atoms with E-state index in [1.165, 1.54) is 0 Å². The molecule has 0 aromatic carbocycles. The Morgan fingerprint density at radius 2 is 2.43 bits per heavy atom. The first-order chi connectivity index (χ1) is 6.86. The molecule has 0 bridgehead atoms. The fraction of sp³-hybridized carbons (Fsp3) is 0.556. The van der Waals surface area contributed by atoms with Crippen molar-refractivity contribution in [1.82, 2.24) is 9.97 Å². The number of aliphatic hydroxyl groups is 1. The molecule has 0 aliphatic heterocycles. The molecule has 0 saturated heterocycles. The van der Waals surface area contributed by atoms with E-state index >= 15 is 0 Å². The van der Waals surface area contributed by atoms with Crippen molar-refractivity contribution in [2.45, 2.75) is 13.3 Å². The third-order valence-electron chi connectivity index (χ3n) is 1.52. The van der Waals surface area contributed by atoms with Crippen LogP contribution in [0.5, 0.6) is 5.88 Å². The molecule has 1 rings (SSSR count). The Balaban J connectivity index is 2.46. The maximum atomic E-state index is 8.56. The summed E-state index contributed by atoms with van der Waals surface area (Å²) in [4.78, 5) is 8.11. The number of aliphatic hydroxyl groups excluding tert-OH is 1. The maximum absolute atomic E-state index is 8.56. The largest absolute Gasteiger partial charge is 0.477 e. The van der Waals surface area contributed by atoms with Gasteiger partial charge in [-0.25, -0.2) is 4.98 Å². The molecule has 0 spiro atoms. The van der Waals surface area contributed by atoms with Crippen molar-refractivity contribution in [3.8, 4) is 5.88 Å². The van der Waals surface area contributed by atoms with Gasteiger partial charge >= 0.3 is 0 Å². The van der Waals surface area contributed by atoms with Gasteiger partial charge in [0.1, 0.15) is 0 Å². The monoisotopic (exact) mass is 197 g/mol. The van der Waals surface area contributed by atoms with E-state index in [2.05, 4.69) is 15.3 Å². The molecule has 1 aromatic rings. The number of ether oxygens (including phenoxy) is 1. The summed E-state index contributed by atoms with van der Waals surface area (Å²) < 4.78 is 5.28. The van der Waals surface area contributed by atoms with Crippen LogP contribution in [0.4, 0.5) is 5.95 Å². The summed E-state index contributed by atoms with van der Waals surface area (Å²) in [5.41, 5.74) is 0. The molecule has 0 unspecified atom stereocenters. The predicted molar refractivity (Wildman–Crippen MR) is 53.4 cm³/mol. The number of rotatable bonds is 6. The highest BCUT2D eigenvalue weighted by molar-refractivity contribution is 5.26. The van der Waals surface area contributed by atoms with Crippen LogP contribution in [0.2, 0.25) is 0 Å². The molecule has 0 aliphatic carbocycles. The van der Waals surface area contributed by atoms with E-state index in [9.17, 15) is 0 Å². The highest BCUT2D eigenvalue weighted by Gasteiger charge is 1.97. The van der Waals surface area contributed by atoms with Gasteiger partial charge in [0, 0.05) is 31.8 Å². The summed E-state index contributed by atoms with van der Waals surface area (Å²) in [5, 5.41) is 11.5. The number of nitrogens with one attached hydrogen (secondary N) is 1. The third kappa shape index (κ3) is 3.57. The summed E-state index contributed by atoms with van der Waals surface area (Å²) in [6.45, 7) is 3.35. The van der Waals surface area contributed by atoms with E-state index in [0.29, 0.717) is 24.9 Å². The molecule has 14 heavy (non-hydrogen) atoms. The molecule has 0 amide bonds. The van der Waals surface area contributed by atoms with Gasteiger partial charge in [0.15, 0.2) is 0 Å². The van der Waals surface area contributed by atoms with E-state index in [0.717, 1.165) is 6.54 Å². The fourth-order valence-electron chi connectivity index (χ4n) is 0.907. The Bertz CT molecular complexity index is 268. The second-order valence-corrected chi connectivity index (χ2v) is 2.67. The topological polar surface area (TPSA) is 67.3 Å². The number of anilines is 1. The SMILES string of the molecule is CCNc1nccc(OCCCO)n1. The van der Waals surface area contributed by atoms with Crippen LogP contribution in [0, 0.1) is 0 Å². The highest BCUT2D eigenvalue weighted by Crippen LogP contribution is 2.07. The van der Waals surface area contributed by atoms with Crippen LogP contribution in [0.3, 0.4) is 0 Å². The van der Waals surface area contributed by atoms with Crippen molar-refractivity contribution in [2.24, 2.45) is 0 Å². The molecule has 1 heterocycles. The van der Waals surface area contributed by atoms with Crippen molar-refractivity contribution in [2.75, 3.05) is 25.1 Å². The minimum atomic E-state index is 0.130. The lowest BCUT2D eigenvalue weighted by Gasteiger charge is -2.05. The average molecular weight is 197 g/mol. The van der Waals surface area contributed by atoms with Crippen molar-refractivity contribution >= 4 is 5.95 Å². The van der Waals surface area contributed by atoms with Gasteiger partial charge in [-0.15, -0.1) is 0 Å². The fourth-order valence-corrected chi connectivity index (χ4v) is 0.907. The first kappa shape index (κ1) is 10.7. The number of aromatic nitrogens is 2. The van der Waals surface area contributed by atoms with Gasteiger partial charge in [0.05, 0.1) is 6.61 Å². The van der Waals surface area contributed by atoms with Crippen molar-refractivity contribution in [3.63, 3.8) is 0 Å². The first-order valence-electron chi connectivity index (χ1n) is 4.67. The Kier molecular flexibility index (Phi) is 4.71. The van der Waals surface area contributed by atoms with Crippen molar-refractivity contribution in [1.29, 1.82) is 0 Å². The molecular formula is C9H15N3O2. The molecule has 2 N–H and O–H groups in total. The Morgan fingerprint density at radius 3 is 3.14 bits per heavy atom. The van der Waals surface area contributed by atoms with Crippen molar-refractivity contribution < 1.29 is 9.84 Å². The molecule has 5 heteroatoms. The van der Waals surface area contributed by atoms with Gasteiger partial charge in [-0.2, -0.15) is 4.98 Å². The van der Waals surface area contributed by atoms with E-state index in [1.54, 1.807) is 12.3 Å². The minimum absolute atomic E-state index is 0.130. The van der Waals surface area contributed by atoms with Crippen LogP contribution in [0.1, 0.15) is 13.3 Å². The molecule has 0 aliphatic rings. The van der Waals surface area contributed by atoms with Gasteiger partial charge in [0.25, 0.3) is 0 Å². The van der Waals surface area contributed by atoms with Crippen LogP contribution in [-0.4, -0.2) is 34.8 Å². The second kappa shape index (κ2) is 6.15. The molecule has 78 valence electrons. The normalized spacial score (nSPS) is 9.86. The Hall–Kier alpha value is -1.36. The van der Waals surface area contributed by atoms with E-state index in [-0.39, 0.29) is 6.61 Å². The molecular weight excluding hydrogens is 182 g/mol. The number of hydrogen-bond donors (Lipinski definition) is 2. The summed E-state index contributed by atoms with van der Waals surface area (Å²) in [6.07, 6.45) is 2.25. The van der Waals surface area contributed by atoms with E-state index in [1.807, 2.05) is 6.92 Å². The number of hydrogen-bond acceptors (Lipinski definition) is 5. The predicted octanol–water partition coefficient (Wildman–Crippen LogP) is 0.670. The van der Waals surface area contributed by atoms with E-state index in [4.69, 9.17) is 9.84 Å².